The van der Waals surface area contributed by atoms with Gasteiger partial charge in [0, 0.05) is 0 Å². The SMILES string of the molecule is CC(C)c1ccc(OCC(=O)NN=Cc2ccc(F)cc2)cc1. The highest BCUT2D eigenvalue weighted by Crippen LogP contribution is 2.18. The molecule has 4 nitrogen and oxygen atoms in total. The Labute approximate surface area is 135 Å². The maximum absolute atomic E-state index is 12.7. The predicted molar refractivity (Wildman–Crippen MR) is 88.2 cm³/mol. The van der Waals surface area contributed by atoms with Crippen LogP contribution in [0.3, 0.4) is 0 Å². The van der Waals surface area contributed by atoms with E-state index < -0.39 is 0 Å². The van der Waals surface area contributed by atoms with E-state index in [1.54, 1.807) is 12.1 Å². The Morgan fingerprint density at radius 1 is 1.17 bits per heavy atom. The van der Waals surface area contributed by atoms with Crippen molar-refractivity contribution in [3.63, 3.8) is 0 Å². The summed E-state index contributed by atoms with van der Waals surface area (Å²) in [6.45, 7) is 4.10. The van der Waals surface area contributed by atoms with Gasteiger partial charge in [0.15, 0.2) is 6.61 Å². The summed E-state index contributed by atoms with van der Waals surface area (Å²) in [6, 6.07) is 13.4. The minimum atomic E-state index is -0.365. The number of amides is 1. The molecular weight excluding hydrogens is 295 g/mol. The Balaban J connectivity index is 1.77. The van der Waals surface area contributed by atoms with Gasteiger partial charge in [0.1, 0.15) is 11.6 Å². The fourth-order valence-corrected chi connectivity index (χ4v) is 1.86. The number of hydrogen-bond acceptors (Lipinski definition) is 3. The first-order chi connectivity index (χ1) is 11.0. The van der Waals surface area contributed by atoms with Gasteiger partial charge in [-0.15, -0.1) is 0 Å². The average Bonchev–Trinajstić information content (AvgIpc) is 2.55. The van der Waals surface area contributed by atoms with Crippen LogP contribution in [0.2, 0.25) is 0 Å². The largest absolute Gasteiger partial charge is 0.484 e. The second-order valence-electron chi connectivity index (χ2n) is 5.36. The van der Waals surface area contributed by atoms with Gasteiger partial charge in [0.05, 0.1) is 6.21 Å². The second-order valence-corrected chi connectivity index (χ2v) is 5.36. The monoisotopic (exact) mass is 314 g/mol. The molecule has 0 heterocycles. The van der Waals surface area contributed by atoms with Crippen molar-refractivity contribution in [1.29, 1.82) is 0 Å². The minimum absolute atomic E-state index is 0.123. The number of rotatable bonds is 6. The lowest BCUT2D eigenvalue weighted by atomic mass is 10.0. The van der Waals surface area contributed by atoms with E-state index in [1.165, 1.54) is 23.9 Å². The van der Waals surface area contributed by atoms with Crippen LogP contribution in [0.4, 0.5) is 4.39 Å². The van der Waals surface area contributed by atoms with Crippen LogP contribution in [0.25, 0.3) is 0 Å². The summed E-state index contributed by atoms with van der Waals surface area (Å²) >= 11 is 0. The molecule has 0 saturated heterocycles. The van der Waals surface area contributed by atoms with E-state index in [0.29, 0.717) is 17.2 Å². The molecule has 1 amide bonds. The Morgan fingerprint density at radius 2 is 1.83 bits per heavy atom. The van der Waals surface area contributed by atoms with Crippen molar-refractivity contribution in [2.24, 2.45) is 5.10 Å². The fourth-order valence-electron chi connectivity index (χ4n) is 1.86. The van der Waals surface area contributed by atoms with Crippen LogP contribution in [-0.4, -0.2) is 18.7 Å². The number of halogens is 1. The molecule has 2 aromatic carbocycles. The van der Waals surface area contributed by atoms with Gasteiger partial charge < -0.3 is 4.74 Å². The van der Waals surface area contributed by atoms with Crippen LogP contribution in [0.15, 0.2) is 53.6 Å². The van der Waals surface area contributed by atoms with Crippen molar-refractivity contribution < 1.29 is 13.9 Å². The Kier molecular flexibility index (Phi) is 5.86. The topological polar surface area (TPSA) is 50.7 Å². The normalized spacial score (nSPS) is 11.0. The van der Waals surface area contributed by atoms with Gasteiger partial charge in [-0.05, 0) is 41.3 Å². The highest BCUT2D eigenvalue weighted by molar-refractivity contribution is 5.82. The third-order valence-electron chi connectivity index (χ3n) is 3.19. The summed E-state index contributed by atoms with van der Waals surface area (Å²) in [6.07, 6.45) is 1.44. The fraction of sp³-hybridized carbons (Fsp3) is 0.222. The molecule has 0 radical (unpaired) electrons. The first-order valence-corrected chi connectivity index (χ1v) is 7.35. The molecular formula is C18H19FN2O2. The van der Waals surface area contributed by atoms with E-state index in [4.69, 9.17) is 4.74 Å². The molecule has 2 aromatic rings. The number of nitrogens with one attached hydrogen (secondary N) is 1. The summed E-state index contributed by atoms with van der Waals surface area (Å²) in [4.78, 5) is 11.6. The molecule has 0 bridgehead atoms. The van der Waals surface area contributed by atoms with Gasteiger partial charge in [-0.25, -0.2) is 9.82 Å². The van der Waals surface area contributed by atoms with Crippen LogP contribution in [-0.2, 0) is 4.79 Å². The molecule has 0 aliphatic carbocycles. The van der Waals surface area contributed by atoms with E-state index >= 15 is 0 Å². The molecule has 0 atom stereocenters. The average molecular weight is 314 g/mol. The molecule has 23 heavy (non-hydrogen) atoms. The molecule has 0 aromatic heterocycles. The number of hydrogen-bond donors (Lipinski definition) is 1. The number of carbonyl (C=O) groups is 1. The molecule has 2 rings (SSSR count). The number of carbonyl (C=O) groups excluding carboxylic acids is 1. The van der Waals surface area contributed by atoms with E-state index in [9.17, 15) is 9.18 Å². The standard InChI is InChI=1S/C18H19FN2O2/c1-13(2)15-5-9-17(10-6-15)23-12-18(22)21-20-11-14-3-7-16(19)8-4-14/h3-11,13H,12H2,1-2H3,(H,21,22). The quantitative estimate of drug-likeness (QED) is 0.655. The molecule has 0 aliphatic heterocycles. The number of benzene rings is 2. The van der Waals surface area contributed by atoms with Crippen molar-refractivity contribution in [3.05, 3.63) is 65.5 Å². The molecule has 0 fully saturated rings. The summed E-state index contributed by atoms with van der Waals surface area (Å²) in [5, 5.41) is 3.79. The second kappa shape index (κ2) is 8.08. The smallest absolute Gasteiger partial charge is 0.277 e. The summed E-state index contributed by atoms with van der Waals surface area (Å²) in [5.74, 6) is 0.402. The van der Waals surface area contributed by atoms with Gasteiger partial charge >= 0.3 is 0 Å². The Hall–Kier alpha value is -2.69. The molecule has 120 valence electrons. The van der Waals surface area contributed by atoms with Gasteiger partial charge in [0.2, 0.25) is 0 Å². The number of nitrogens with zero attached hydrogens (tertiary/aromatic N) is 1. The number of hydrazone groups is 1. The van der Waals surface area contributed by atoms with Gasteiger partial charge in [-0.3, -0.25) is 4.79 Å². The molecule has 0 aliphatic rings. The zero-order valence-electron chi connectivity index (χ0n) is 13.1. The lowest BCUT2D eigenvalue weighted by Gasteiger charge is -2.08. The highest BCUT2D eigenvalue weighted by Gasteiger charge is 2.03. The molecule has 0 saturated carbocycles. The Morgan fingerprint density at radius 3 is 2.43 bits per heavy atom. The lowest BCUT2D eigenvalue weighted by molar-refractivity contribution is -0.123. The third-order valence-corrected chi connectivity index (χ3v) is 3.19. The third kappa shape index (κ3) is 5.54. The van der Waals surface area contributed by atoms with Crippen LogP contribution in [0.5, 0.6) is 5.75 Å². The van der Waals surface area contributed by atoms with Gasteiger partial charge in [0.25, 0.3) is 5.91 Å². The lowest BCUT2D eigenvalue weighted by Crippen LogP contribution is -2.24. The van der Waals surface area contributed by atoms with Crippen LogP contribution in [0, 0.1) is 5.82 Å². The molecule has 0 spiro atoms. The zero-order valence-corrected chi connectivity index (χ0v) is 13.1. The molecule has 1 N–H and O–H groups in total. The van der Waals surface area contributed by atoms with Crippen molar-refractivity contribution in [1.82, 2.24) is 5.43 Å². The van der Waals surface area contributed by atoms with Gasteiger partial charge in [-0.2, -0.15) is 5.10 Å². The minimum Gasteiger partial charge on any atom is -0.484 e. The highest BCUT2D eigenvalue weighted by atomic mass is 19.1. The van der Waals surface area contributed by atoms with Crippen LogP contribution < -0.4 is 10.2 Å². The van der Waals surface area contributed by atoms with Gasteiger partial charge in [-0.1, -0.05) is 38.1 Å². The molecule has 0 unspecified atom stereocenters. The van der Waals surface area contributed by atoms with E-state index in [-0.39, 0.29) is 18.3 Å². The van der Waals surface area contributed by atoms with E-state index in [2.05, 4.69) is 24.4 Å². The van der Waals surface area contributed by atoms with E-state index in [1.807, 2.05) is 24.3 Å². The maximum Gasteiger partial charge on any atom is 0.277 e. The Bertz CT molecular complexity index is 664. The summed E-state index contributed by atoms with van der Waals surface area (Å²) in [7, 11) is 0. The van der Waals surface area contributed by atoms with Crippen molar-refractivity contribution in [2.75, 3.05) is 6.61 Å². The predicted octanol–water partition coefficient (Wildman–Crippen LogP) is 3.48. The van der Waals surface area contributed by atoms with Crippen molar-refractivity contribution in [2.45, 2.75) is 19.8 Å². The summed E-state index contributed by atoms with van der Waals surface area (Å²) < 4.78 is 18.1. The maximum atomic E-state index is 12.7. The first-order valence-electron chi connectivity index (χ1n) is 7.35. The zero-order chi connectivity index (χ0) is 16.7. The molecule has 5 heteroatoms. The van der Waals surface area contributed by atoms with E-state index in [0.717, 1.165) is 0 Å². The van der Waals surface area contributed by atoms with Crippen LogP contribution in [0.1, 0.15) is 30.9 Å². The van der Waals surface area contributed by atoms with Crippen LogP contribution >= 0.6 is 0 Å². The van der Waals surface area contributed by atoms with Crippen molar-refractivity contribution in [3.8, 4) is 5.75 Å². The van der Waals surface area contributed by atoms with Crippen molar-refractivity contribution >= 4 is 12.1 Å². The summed E-state index contributed by atoms with van der Waals surface area (Å²) in [5.41, 5.74) is 4.26. The first kappa shape index (κ1) is 16.7. The number of ether oxygens (including phenoxy) is 1.